The summed E-state index contributed by atoms with van der Waals surface area (Å²) >= 11 is 1.32. The second-order valence-electron chi connectivity index (χ2n) is 9.34. The SMILES string of the molecule is O=C(N[C@@H]1CCCN(C(=O)O)C1)C1Sc2nccc3c2C1NC(=O)N3c1ccc(Oc2ccccc2)cc1. The first-order chi connectivity index (χ1) is 18.5. The number of aromatic nitrogens is 1. The Hall–Kier alpha value is -4.25. The molecule has 194 valence electrons. The van der Waals surface area contributed by atoms with E-state index in [2.05, 4.69) is 15.6 Å². The fourth-order valence-corrected chi connectivity index (χ4v) is 6.36. The number of para-hydroxylation sites is 1. The summed E-state index contributed by atoms with van der Waals surface area (Å²) in [5.41, 5.74) is 2.14. The molecule has 3 aliphatic rings. The number of pyridine rings is 1. The van der Waals surface area contributed by atoms with Gasteiger partial charge in [-0.2, -0.15) is 0 Å². The number of hydrogen-bond acceptors (Lipinski definition) is 6. The Morgan fingerprint density at radius 3 is 2.61 bits per heavy atom. The lowest BCUT2D eigenvalue weighted by Crippen LogP contribution is -2.53. The fourth-order valence-electron chi connectivity index (χ4n) is 5.12. The lowest BCUT2D eigenvalue weighted by molar-refractivity contribution is -0.122. The average molecular weight is 532 g/mol. The summed E-state index contributed by atoms with van der Waals surface area (Å²) in [6, 6.07) is 17.3. The Labute approximate surface area is 223 Å². The zero-order valence-corrected chi connectivity index (χ0v) is 21.1. The van der Waals surface area contributed by atoms with E-state index in [4.69, 9.17) is 4.74 Å². The van der Waals surface area contributed by atoms with Gasteiger partial charge in [-0.1, -0.05) is 30.0 Å². The van der Waals surface area contributed by atoms with Crippen molar-refractivity contribution < 1.29 is 24.2 Å². The number of amides is 4. The third-order valence-electron chi connectivity index (χ3n) is 6.88. The number of urea groups is 1. The van der Waals surface area contributed by atoms with Gasteiger partial charge in [0.15, 0.2) is 0 Å². The normalized spacial score (nSPS) is 21.9. The summed E-state index contributed by atoms with van der Waals surface area (Å²) in [7, 11) is 0. The lowest BCUT2D eigenvalue weighted by atomic mass is 9.99. The molecule has 1 fully saturated rings. The number of carbonyl (C=O) groups excluding carboxylic acids is 2. The van der Waals surface area contributed by atoms with Crippen molar-refractivity contribution in [3.8, 4) is 11.5 Å². The van der Waals surface area contributed by atoms with Gasteiger partial charge in [0.1, 0.15) is 21.8 Å². The topological polar surface area (TPSA) is 124 Å². The van der Waals surface area contributed by atoms with Crippen LogP contribution in [0.2, 0.25) is 0 Å². The molecule has 38 heavy (non-hydrogen) atoms. The fraction of sp³-hybridized carbons (Fsp3) is 0.259. The number of likely N-dealkylation sites (tertiary alicyclic amines) is 1. The Bertz CT molecular complexity index is 1390. The maximum absolute atomic E-state index is 13.4. The minimum absolute atomic E-state index is 0.239. The van der Waals surface area contributed by atoms with Crippen molar-refractivity contribution in [2.24, 2.45) is 0 Å². The summed E-state index contributed by atoms with van der Waals surface area (Å²) in [5, 5.41) is 15.4. The van der Waals surface area contributed by atoms with Gasteiger partial charge in [-0.15, -0.1) is 0 Å². The molecule has 0 bridgehead atoms. The molecule has 0 radical (unpaired) electrons. The Kier molecular flexibility index (Phi) is 6.28. The molecule has 11 heteroatoms. The molecule has 3 atom stereocenters. The predicted molar refractivity (Wildman–Crippen MR) is 141 cm³/mol. The van der Waals surface area contributed by atoms with Crippen molar-refractivity contribution in [3.05, 3.63) is 72.4 Å². The summed E-state index contributed by atoms with van der Waals surface area (Å²) in [4.78, 5) is 45.4. The number of rotatable bonds is 5. The van der Waals surface area contributed by atoms with Gasteiger partial charge < -0.3 is 25.4 Å². The van der Waals surface area contributed by atoms with Crippen molar-refractivity contribution in [3.63, 3.8) is 0 Å². The van der Waals surface area contributed by atoms with Crippen LogP contribution in [-0.4, -0.2) is 57.4 Å². The number of piperidine rings is 1. The predicted octanol–water partition coefficient (Wildman–Crippen LogP) is 4.51. The molecular weight excluding hydrogens is 506 g/mol. The molecule has 0 aliphatic carbocycles. The van der Waals surface area contributed by atoms with E-state index in [0.29, 0.717) is 41.5 Å². The molecule has 0 saturated carbocycles. The number of thioether (sulfide) groups is 1. The zero-order chi connectivity index (χ0) is 26.2. The molecular formula is C27H25N5O5S. The van der Waals surface area contributed by atoms with Crippen LogP contribution in [0.5, 0.6) is 11.5 Å². The first-order valence-corrected chi connectivity index (χ1v) is 13.2. The molecule has 4 heterocycles. The lowest BCUT2D eigenvalue weighted by Gasteiger charge is -2.35. The quantitative estimate of drug-likeness (QED) is 0.443. The van der Waals surface area contributed by atoms with Crippen molar-refractivity contribution in [1.82, 2.24) is 20.5 Å². The molecule has 4 amide bonds. The number of nitrogens with zero attached hydrogens (tertiary/aromatic N) is 3. The summed E-state index contributed by atoms with van der Waals surface area (Å²) < 4.78 is 5.87. The molecule has 3 aliphatic heterocycles. The minimum Gasteiger partial charge on any atom is -0.465 e. The first-order valence-electron chi connectivity index (χ1n) is 12.4. The highest BCUT2D eigenvalue weighted by Gasteiger charge is 2.47. The van der Waals surface area contributed by atoms with Gasteiger partial charge in [0.05, 0.1) is 17.4 Å². The molecule has 0 spiro atoms. The van der Waals surface area contributed by atoms with Crippen LogP contribution in [0.4, 0.5) is 21.0 Å². The second-order valence-corrected chi connectivity index (χ2v) is 10.5. The van der Waals surface area contributed by atoms with Crippen LogP contribution in [0.25, 0.3) is 0 Å². The standard InChI is InChI=1S/C27H25N5O5S/c33-24(29-16-5-4-14-31(15-16)27(35)36)23-22-21-20(12-13-28-25(21)38-23)32(26(34)30-22)17-8-10-19(11-9-17)37-18-6-2-1-3-7-18/h1-3,6-13,16,22-23H,4-5,14-15H2,(H,29,33)(H,30,34)(H,35,36)/t16-,22?,23?/m1/s1. The summed E-state index contributed by atoms with van der Waals surface area (Å²) in [6.45, 7) is 0.718. The number of ether oxygens (including phenoxy) is 1. The van der Waals surface area contributed by atoms with Gasteiger partial charge in [-0.3, -0.25) is 9.69 Å². The van der Waals surface area contributed by atoms with E-state index in [9.17, 15) is 19.5 Å². The second kappa shape index (κ2) is 9.90. The van der Waals surface area contributed by atoms with Gasteiger partial charge in [0.2, 0.25) is 5.91 Å². The van der Waals surface area contributed by atoms with E-state index in [0.717, 1.165) is 11.3 Å². The Morgan fingerprint density at radius 2 is 1.84 bits per heavy atom. The highest BCUT2D eigenvalue weighted by atomic mass is 32.2. The van der Waals surface area contributed by atoms with Crippen LogP contribution in [0.3, 0.4) is 0 Å². The van der Waals surface area contributed by atoms with Gasteiger partial charge in [-0.25, -0.2) is 14.6 Å². The number of carboxylic acid groups (broad SMARTS) is 1. The maximum Gasteiger partial charge on any atom is 0.407 e. The van der Waals surface area contributed by atoms with Crippen molar-refractivity contribution in [2.75, 3.05) is 18.0 Å². The van der Waals surface area contributed by atoms with E-state index in [1.165, 1.54) is 16.7 Å². The van der Waals surface area contributed by atoms with Gasteiger partial charge in [0.25, 0.3) is 0 Å². The zero-order valence-electron chi connectivity index (χ0n) is 20.2. The van der Waals surface area contributed by atoms with E-state index >= 15 is 0 Å². The number of hydrogen-bond donors (Lipinski definition) is 3. The van der Waals surface area contributed by atoms with Gasteiger partial charge in [0, 0.05) is 30.9 Å². The molecule has 10 nitrogen and oxygen atoms in total. The number of benzene rings is 2. The third-order valence-corrected chi connectivity index (χ3v) is 8.17. The van der Waals surface area contributed by atoms with Crippen LogP contribution >= 0.6 is 11.8 Å². The highest BCUT2D eigenvalue weighted by Crippen LogP contribution is 2.50. The molecule has 3 aromatic rings. The molecule has 1 saturated heterocycles. The number of carbonyl (C=O) groups is 3. The third kappa shape index (κ3) is 4.49. The van der Waals surface area contributed by atoms with Crippen molar-refractivity contribution in [2.45, 2.75) is 35.2 Å². The Morgan fingerprint density at radius 1 is 1.08 bits per heavy atom. The van der Waals surface area contributed by atoms with Crippen molar-refractivity contribution >= 4 is 41.2 Å². The largest absolute Gasteiger partial charge is 0.465 e. The maximum atomic E-state index is 13.4. The van der Waals surface area contributed by atoms with Gasteiger partial charge in [-0.05, 0) is 55.3 Å². The van der Waals surface area contributed by atoms with E-state index in [1.807, 2.05) is 42.5 Å². The summed E-state index contributed by atoms with van der Waals surface area (Å²) in [5.74, 6) is 1.13. The van der Waals surface area contributed by atoms with Crippen LogP contribution in [0, 0.1) is 0 Å². The monoisotopic (exact) mass is 531 g/mol. The van der Waals surface area contributed by atoms with Crippen LogP contribution in [-0.2, 0) is 4.79 Å². The summed E-state index contributed by atoms with van der Waals surface area (Å²) in [6.07, 6.45) is 2.05. The Balaban J connectivity index is 1.21. The first kappa shape index (κ1) is 24.1. The number of anilines is 2. The van der Waals surface area contributed by atoms with Crippen LogP contribution in [0.1, 0.15) is 24.4 Å². The number of nitrogens with one attached hydrogen (secondary N) is 2. The minimum atomic E-state index is -0.986. The smallest absolute Gasteiger partial charge is 0.407 e. The molecule has 6 rings (SSSR count). The van der Waals surface area contributed by atoms with Crippen LogP contribution < -0.4 is 20.3 Å². The van der Waals surface area contributed by atoms with E-state index in [1.54, 1.807) is 29.3 Å². The van der Waals surface area contributed by atoms with E-state index < -0.39 is 17.4 Å². The molecule has 2 unspecified atom stereocenters. The average Bonchev–Trinajstić information content (AvgIpc) is 3.30. The van der Waals surface area contributed by atoms with Crippen LogP contribution in [0.15, 0.2) is 71.9 Å². The molecule has 3 N–H and O–H groups in total. The molecule has 1 aromatic heterocycles. The highest BCUT2D eigenvalue weighted by molar-refractivity contribution is 8.01. The van der Waals surface area contributed by atoms with Crippen molar-refractivity contribution in [1.29, 1.82) is 0 Å². The molecule has 2 aromatic carbocycles. The van der Waals surface area contributed by atoms with Gasteiger partial charge >= 0.3 is 12.1 Å². The van der Waals surface area contributed by atoms with E-state index in [-0.39, 0.29) is 24.5 Å².